The van der Waals surface area contributed by atoms with Gasteiger partial charge in [0.25, 0.3) is 11.8 Å². The third-order valence-electron chi connectivity index (χ3n) is 5.42. The summed E-state index contributed by atoms with van der Waals surface area (Å²) in [5.41, 5.74) is 3.24. The van der Waals surface area contributed by atoms with Gasteiger partial charge >= 0.3 is 0 Å². The van der Waals surface area contributed by atoms with Crippen molar-refractivity contribution < 1.29 is 9.59 Å². The topological polar surface area (TPSA) is 67.2 Å². The highest BCUT2D eigenvalue weighted by Gasteiger charge is 2.29. The number of aryl methyl sites for hydroxylation is 1. The number of rotatable bonds is 8. The van der Waals surface area contributed by atoms with E-state index >= 15 is 0 Å². The maximum absolute atomic E-state index is 13.2. The molecule has 0 saturated carbocycles. The van der Waals surface area contributed by atoms with Crippen LogP contribution in [0.1, 0.15) is 78.8 Å². The first kappa shape index (κ1) is 21.1. The van der Waals surface area contributed by atoms with Crippen LogP contribution in [0.3, 0.4) is 0 Å². The standard InChI is InChI=1S/C23H32N4O2/c1-4-14-26(15-5-2)23(29)21-25-20(19-9-7-8-16-27(19)21)22(28)24-18-12-10-17(6-3)11-13-18/h10-13H,4-9,14-16H2,1-3H3,(H,24,28). The van der Waals surface area contributed by atoms with Gasteiger partial charge in [-0.15, -0.1) is 0 Å². The van der Waals surface area contributed by atoms with Crippen molar-refractivity contribution in [2.24, 2.45) is 0 Å². The van der Waals surface area contributed by atoms with Gasteiger partial charge in [0.1, 0.15) is 0 Å². The van der Waals surface area contributed by atoms with E-state index in [1.54, 1.807) is 0 Å². The van der Waals surface area contributed by atoms with Crippen LogP contribution in [-0.4, -0.2) is 39.4 Å². The summed E-state index contributed by atoms with van der Waals surface area (Å²) in [6, 6.07) is 7.85. The van der Waals surface area contributed by atoms with E-state index in [1.165, 1.54) is 5.56 Å². The number of benzene rings is 1. The number of hydrogen-bond acceptors (Lipinski definition) is 3. The molecule has 1 aliphatic rings. The molecule has 0 radical (unpaired) electrons. The minimum absolute atomic E-state index is 0.0665. The van der Waals surface area contributed by atoms with Gasteiger partial charge in [0, 0.05) is 25.3 Å². The van der Waals surface area contributed by atoms with Gasteiger partial charge in [-0.3, -0.25) is 9.59 Å². The molecule has 1 N–H and O–H groups in total. The van der Waals surface area contributed by atoms with Gasteiger partial charge in [-0.25, -0.2) is 4.98 Å². The molecule has 2 amide bonds. The Hall–Kier alpha value is -2.63. The van der Waals surface area contributed by atoms with Crippen LogP contribution >= 0.6 is 0 Å². The number of carbonyl (C=O) groups excluding carboxylic acids is 2. The van der Waals surface area contributed by atoms with E-state index in [-0.39, 0.29) is 11.8 Å². The molecule has 1 aromatic carbocycles. The molecule has 0 spiro atoms. The van der Waals surface area contributed by atoms with Gasteiger partial charge in [-0.1, -0.05) is 32.9 Å². The summed E-state index contributed by atoms with van der Waals surface area (Å²) >= 11 is 0. The second-order valence-corrected chi connectivity index (χ2v) is 7.64. The Morgan fingerprint density at radius 3 is 2.38 bits per heavy atom. The van der Waals surface area contributed by atoms with Gasteiger partial charge in [-0.2, -0.15) is 0 Å². The monoisotopic (exact) mass is 396 g/mol. The van der Waals surface area contributed by atoms with Crippen molar-refractivity contribution in [1.29, 1.82) is 0 Å². The summed E-state index contributed by atoms with van der Waals surface area (Å²) < 4.78 is 1.97. The Balaban J connectivity index is 1.88. The molecule has 0 saturated heterocycles. The van der Waals surface area contributed by atoms with Gasteiger partial charge in [-0.05, 0) is 56.2 Å². The molecule has 0 atom stereocenters. The number of carbonyl (C=O) groups is 2. The van der Waals surface area contributed by atoms with Crippen LogP contribution in [-0.2, 0) is 19.4 Å². The predicted octanol–water partition coefficient (Wildman–Crippen LogP) is 4.30. The molecule has 0 unspecified atom stereocenters. The molecule has 6 heteroatoms. The summed E-state index contributed by atoms with van der Waals surface area (Å²) in [6.45, 7) is 8.40. The van der Waals surface area contributed by atoms with Gasteiger partial charge in [0.15, 0.2) is 11.5 Å². The number of hydrogen-bond donors (Lipinski definition) is 1. The van der Waals surface area contributed by atoms with E-state index in [9.17, 15) is 9.59 Å². The summed E-state index contributed by atoms with van der Waals surface area (Å²) in [7, 11) is 0. The second kappa shape index (κ2) is 9.72. The lowest BCUT2D eigenvalue weighted by Gasteiger charge is -2.23. The Morgan fingerprint density at radius 1 is 1.07 bits per heavy atom. The lowest BCUT2D eigenvalue weighted by atomic mass is 10.1. The highest BCUT2D eigenvalue weighted by Crippen LogP contribution is 2.23. The first-order valence-corrected chi connectivity index (χ1v) is 10.9. The number of aromatic nitrogens is 2. The van der Waals surface area contributed by atoms with Crippen LogP contribution in [0.4, 0.5) is 5.69 Å². The largest absolute Gasteiger partial charge is 0.336 e. The highest BCUT2D eigenvalue weighted by atomic mass is 16.2. The molecule has 1 aliphatic heterocycles. The molecular formula is C23H32N4O2. The Labute approximate surface area is 173 Å². The van der Waals surface area contributed by atoms with E-state index < -0.39 is 0 Å². The summed E-state index contributed by atoms with van der Waals surface area (Å²) in [4.78, 5) is 32.6. The molecule has 156 valence electrons. The Kier molecular flexibility index (Phi) is 7.07. The second-order valence-electron chi connectivity index (χ2n) is 7.64. The number of nitrogens with zero attached hydrogens (tertiary/aromatic N) is 3. The highest BCUT2D eigenvalue weighted by molar-refractivity contribution is 6.05. The van der Waals surface area contributed by atoms with Gasteiger partial charge < -0.3 is 14.8 Å². The van der Waals surface area contributed by atoms with Crippen molar-refractivity contribution >= 4 is 17.5 Å². The van der Waals surface area contributed by atoms with Crippen molar-refractivity contribution in [1.82, 2.24) is 14.5 Å². The fourth-order valence-corrected chi connectivity index (χ4v) is 3.90. The minimum Gasteiger partial charge on any atom is -0.336 e. The summed E-state index contributed by atoms with van der Waals surface area (Å²) in [6.07, 6.45) is 5.56. The zero-order valence-electron chi connectivity index (χ0n) is 17.8. The maximum Gasteiger partial charge on any atom is 0.289 e. The van der Waals surface area contributed by atoms with Crippen LogP contribution < -0.4 is 5.32 Å². The third-order valence-corrected chi connectivity index (χ3v) is 5.42. The first-order valence-electron chi connectivity index (χ1n) is 10.9. The molecule has 1 aromatic heterocycles. The quantitative estimate of drug-likeness (QED) is 0.723. The Bertz CT molecular complexity index is 849. The average Bonchev–Trinajstić information content (AvgIpc) is 3.13. The number of anilines is 1. The van der Waals surface area contributed by atoms with Gasteiger partial charge in [0.05, 0.1) is 5.69 Å². The van der Waals surface area contributed by atoms with Crippen LogP contribution in [0.25, 0.3) is 0 Å². The Morgan fingerprint density at radius 2 is 1.76 bits per heavy atom. The zero-order valence-corrected chi connectivity index (χ0v) is 17.8. The lowest BCUT2D eigenvalue weighted by molar-refractivity contribution is 0.0737. The minimum atomic E-state index is -0.239. The van der Waals surface area contributed by atoms with Crippen molar-refractivity contribution in [3.05, 3.63) is 47.0 Å². The van der Waals surface area contributed by atoms with Crippen molar-refractivity contribution in [3.63, 3.8) is 0 Å². The number of nitrogens with one attached hydrogen (secondary N) is 1. The zero-order chi connectivity index (χ0) is 20.8. The fourth-order valence-electron chi connectivity index (χ4n) is 3.90. The van der Waals surface area contributed by atoms with E-state index in [4.69, 9.17) is 0 Å². The first-order chi connectivity index (χ1) is 14.1. The van der Waals surface area contributed by atoms with Crippen LogP contribution in [0.15, 0.2) is 24.3 Å². The summed E-state index contributed by atoms with van der Waals surface area (Å²) in [5.74, 6) is 0.104. The third kappa shape index (κ3) is 4.69. The van der Waals surface area contributed by atoms with Crippen LogP contribution in [0, 0.1) is 0 Å². The van der Waals surface area contributed by atoms with E-state index in [0.29, 0.717) is 24.6 Å². The molecule has 2 heterocycles. The molecular weight excluding hydrogens is 364 g/mol. The SMILES string of the molecule is CCCN(CCC)C(=O)c1nc(C(=O)Nc2ccc(CC)cc2)c2n1CCCC2. The van der Waals surface area contributed by atoms with E-state index in [0.717, 1.165) is 56.5 Å². The molecule has 2 aromatic rings. The normalized spacial score (nSPS) is 13.1. The molecule has 0 fully saturated rings. The van der Waals surface area contributed by atoms with E-state index in [1.807, 2.05) is 33.7 Å². The molecule has 0 bridgehead atoms. The predicted molar refractivity (Wildman–Crippen MR) is 115 cm³/mol. The lowest BCUT2D eigenvalue weighted by Crippen LogP contribution is -2.35. The molecule has 0 aliphatic carbocycles. The smallest absolute Gasteiger partial charge is 0.289 e. The van der Waals surface area contributed by atoms with Crippen molar-refractivity contribution in [2.75, 3.05) is 18.4 Å². The van der Waals surface area contributed by atoms with Gasteiger partial charge in [0.2, 0.25) is 0 Å². The van der Waals surface area contributed by atoms with Crippen LogP contribution in [0.2, 0.25) is 0 Å². The summed E-state index contributed by atoms with van der Waals surface area (Å²) in [5, 5.41) is 2.95. The fraction of sp³-hybridized carbons (Fsp3) is 0.522. The number of fused-ring (bicyclic) bond motifs is 1. The molecule has 29 heavy (non-hydrogen) atoms. The number of imidazole rings is 1. The average molecular weight is 397 g/mol. The number of amides is 2. The van der Waals surface area contributed by atoms with Crippen LogP contribution in [0.5, 0.6) is 0 Å². The van der Waals surface area contributed by atoms with E-state index in [2.05, 4.69) is 31.1 Å². The van der Waals surface area contributed by atoms with Crippen molar-refractivity contribution in [2.45, 2.75) is 65.8 Å². The molecule has 6 nitrogen and oxygen atoms in total. The molecule has 3 rings (SSSR count). The van der Waals surface area contributed by atoms with Crippen molar-refractivity contribution in [3.8, 4) is 0 Å². The maximum atomic E-state index is 13.2.